The number of amidine groups is 1. The molecule has 16 heteroatoms. The van der Waals surface area contributed by atoms with Crippen molar-refractivity contribution in [3.05, 3.63) is 94.3 Å². The Bertz CT molecular complexity index is 1770. The molecule has 0 bridgehead atoms. The number of likely N-dealkylation sites (tertiary alicyclic amines) is 1. The molecule has 1 aliphatic rings. The fourth-order valence-electron chi connectivity index (χ4n) is 5.17. The standard InChI is InChI=1S/C30H27F6N7O3/c1-4-41(22-10-8-19(17-37)9-11-22)25(38-3)24-18(2)42(23-7-5-6-20(16-23)29(31,32)33)28(46)43(24)27(45)39-21-12-14-40(15-13-21)26(44)30(34,35)36/h4-11,16,21H,1,12-15H2,2-3H3,(H,39,45). The molecular formula is C30H27F6N7O3. The number of nitrogens with one attached hydrogen (secondary N) is 1. The Balaban J connectivity index is 1.81. The lowest BCUT2D eigenvalue weighted by atomic mass is 10.1. The summed E-state index contributed by atoms with van der Waals surface area (Å²) in [7, 11) is 1.36. The molecule has 2 heterocycles. The number of anilines is 1. The van der Waals surface area contributed by atoms with E-state index in [1.165, 1.54) is 43.3 Å². The fourth-order valence-corrected chi connectivity index (χ4v) is 5.17. The van der Waals surface area contributed by atoms with Crippen LogP contribution in [0.2, 0.25) is 0 Å². The largest absolute Gasteiger partial charge is 0.471 e. The van der Waals surface area contributed by atoms with Gasteiger partial charge in [0.25, 0.3) is 0 Å². The Labute approximate surface area is 258 Å². The number of nitriles is 1. The molecule has 3 aromatic rings. The third-order valence-corrected chi connectivity index (χ3v) is 7.38. The third-order valence-electron chi connectivity index (χ3n) is 7.38. The molecular weight excluding hydrogens is 620 g/mol. The van der Waals surface area contributed by atoms with E-state index in [1.807, 2.05) is 6.07 Å². The molecule has 10 nitrogen and oxygen atoms in total. The Hall–Kier alpha value is -5.33. The van der Waals surface area contributed by atoms with Gasteiger partial charge < -0.3 is 15.1 Å². The Morgan fingerprint density at radius 2 is 1.72 bits per heavy atom. The number of amides is 2. The highest BCUT2D eigenvalue weighted by molar-refractivity contribution is 6.12. The van der Waals surface area contributed by atoms with Gasteiger partial charge in [0.15, 0.2) is 5.84 Å². The van der Waals surface area contributed by atoms with Crippen molar-refractivity contribution in [1.29, 1.82) is 5.26 Å². The summed E-state index contributed by atoms with van der Waals surface area (Å²) in [4.78, 5) is 45.6. The number of halogens is 6. The van der Waals surface area contributed by atoms with Crippen molar-refractivity contribution in [2.24, 2.45) is 4.99 Å². The van der Waals surface area contributed by atoms with Crippen LogP contribution in [0.1, 0.15) is 35.4 Å². The van der Waals surface area contributed by atoms with Crippen LogP contribution in [0.3, 0.4) is 0 Å². The lowest BCUT2D eigenvalue weighted by Gasteiger charge is -2.32. The smallest absolute Gasteiger partial charge is 0.335 e. The van der Waals surface area contributed by atoms with Crippen molar-refractivity contribution in [3.8, 4) is 11.8 Å². The highest BCUT2D eigenvalue weighted by atomic mass is 19.4. The van der Waals surface area contributed by atoms with Crippen LogP contribution in [-0.4, -0.2) is 64.2 Å². The number of nitrogens with zero attached hydrogens (tertiary/aromatic N) is 6. The lowest BCUT2D eigenvalue weighted by molar-refractivity contribution is -0.186. The summed E-state index contributed by atoms with van der Waals surface area (Å²) < 4.78 is 81.0. The monoisotopic (exact) mass is 647 g/mol. The second kappa shape index (κ2) is 13.0. The summed E-state index contributed by atoms with van der Waals surface area (Å²) in [6.07, 6.45) is -8.56. The number of piperidine rings is 1. The molecule has 4 rings (SSSR count). The number of carbonyl (C=O) groups is 2. The molecule has 2 aromatic carbocycles. The average Bonchev–Trinajstić information content (AvgIpc) is 3.28. The minimum Gasteiger partial charge on any atom is -0.335 e. The number of aliphatic imine (C=N–C) groups is 1. The van der Waals surface area contributed by atoms with Crippen LogP contribution in [0.25, 0.3) is 5.69 Å². The molecule has 1 saturated heterocycles. The van der Waals surface area contributed by atoms with Gasteiger partial charge in [-0.25, -0.2) is 14.2 Å². The Morgan fingerprint density at radius 3 is 2.24 bits per heavy atom. The molecule has 0 spiro atoms. The van der Waals surface area contributed by atoms with E-state index in [0.29, 0.717) is 20.7 Å². The van der Waals surface area contributed by atoms with Crippen LogP contribution in [0, 0.1) is 18.3 Å². The maximum atomic E-state index is 13.9. The molecule has 0 unspecified atom stereocenters. The molecule has 1 N–H and O–H groups in total. The van der Waals surface area contributed by atoms with Crippen LogP contribution < -0.4 is 15.9 Å². The summed E-state index contributed by atoms with van der Waals surface area (Å²) in [5, 5.41) is 11.8. The second-order valence-electron chi connectivity index (χ2n) is 10.2. The van der Waals surface area contributed by atoms with Crippen LogP contribution in [-0.2, 0) is 11.0 Å². The number of alkyl halides is 6. The highest BCUT2D eigenvalue weighted by Gasteiger charge is 2.43. The van der Waals surface area contributed by atoms with Gasteiger partial charge in [0.2, 0.25) is 0 Å². The van der Waals surface area contributed by atoms with E-state index in [0.717, 1.165) is 22.8 Å². The van der Waals surface area contributed by atoms with Crippen molar-refractivity contribution < 1.29 is 35.9 Å². The first kappa shape index (κ1) is 33.6. The number of carbonyl (C=O) groups excluding carboxylic acids is 2. The minimum atomic E-state index is -5.05. The van der Waals surface area contributed by atoms with E-state index in [-0.39, 0.29) is 48.8 Å². The molecule has 0 atom stereocenters. The van der Waals surface area contributed by atoms with Gasteiger partial charge in [-0.05, 0) is 62.2 Å². The van der Waals surface area contributed by atoms with Gasteiger partial charge >= 0.3 is 30.0 Å². The second-order valence-corrected chi connectivity index (χ2v) is 10.2. The first-order valence-electron chi connectivity index (χ1n) is 13.7. The van der Waals surface area contributed by atoms with Gasteiger partial charge in [0.1, 0.15) is 5.69 Å². The SMILES string of the molecule is C=CN(C(=NC)c1c(C)n(-c2cccc(C(F)(F)F)c2)c(=O)n1C(=O)NC1CCN(C(=O)C(F)(F)F)CC1)c1ccc(C#N)cc1. The van der Waals surface area contributed by atoms with Crippen molar-refractivity contribution in [1.82, 2.24) is 19.4 Å². The predicted octanol–water partition coefficient (Wildman–Crippen LogP) is 4.98. The van der Waals surface area contributed by atoms with E-state index >= 15 is 0 Å². The fraction of sp³-hybridized carbons (Fsp3) is 0.300. The Kier molecular flexibility index (Phi) is 9.45. The molecule has 46 heavy (non-hydrogen) atoms. The summed E-state index contributed by atoms with van der Waals surface area (Å²) in [5.41, 5.74) is -1.59. The molecule has 242 valence electrons. The van der Waals surface area contributed by atoms with Crippen LogP contribution in [0.4, 0.5) is 36.8 Å². The Morgan fingerprint density at radius 1 is 1.09 bits per heavy atom. The van der Waals surface area contributed by atoms with E-state index in [4.69, 9.17) is 0 Å². The van der Waals surface area contributed by atoms with Gasteiger partial charge in [-0.3, -0.25) is 14.4 Å². The van der Waals surface area contributed by atoms with Gasteiger partial charge in [-0.1, -0.05) is 12.6 Å². The first-order valence-corrected chi connectivity index (χ1v) is 13.7. The molecule has 1 fully saturated rings. The highest BCUT2D eigenvalue weighted by Crippen LogP contribution is 2.31. The molecule has 0 saturated carbocycles. The zero-order valence-corrected chi connectivity index (χ0v) is 24.5. The zero-order chi connectivity index (χ0) is 34.0. The predicted molar refractivity (Wildman–Crippen MR) is 156 cm³/mol. The third kappa shape index (κ3) is 6.67. The summed E-state index contributed by atoms with van der Waals surface area (Å²) >= 11 is 0. The van der Waals surface area contributed by atoms with Crippen molar-refractivity contribution in [3.63, 3.8) is 0 Å². The number of hydrogen-bond acceptors (Lipinski definition) is 5. The summed E-state index contributed by atoms with van der Waals surface area (Å²) in [6, 6.07) is 10.3. The quantitative estimate of drug-likeness (QED) is 0.239. The molecule has 0 radical (unpaired) electrons. The van der Waals surface area contributed by atoms with Gasteiger partial charge in [0.05, 0.1) is 28.6 Å². The average molecular weight is 648 g/mol. The zero-order valence-electron chi connectivity index (χ0n) is 24.5. The first-order chi connectivity index (χ1) is 21.6. The number of benzene rings is 2. The van der Waals surface area contributed by atoms with Gasteiger partial charge in [-0.2, -0.15) is 31.6 Å². The lowest BCUT2D eigenvalue weighted by Crippen LogP contribution is -2.51. The van der Waals surface area contributed by atoms with Crippen molar-refractivity contribution in [2.45, 2.75) is 38.2 Å². The summed E-state index contributed by atoms with van der Waals surface area (Å²) in [5.74, 6) is -2.01. The minimum absolute atomic E-state index is 0.0132. The van der Waals surface area contributed by atoms with Crippen LogP contribution >= 0.6 is 0 Å². The number of hydrogen-bond donors (Lipinski definition) is 1. The maximum Gasteiger partial charge on any atom is 0.471 e. The number of aromatic nitrogens is 2. The van der Waals surface area contributed by atoms with E-state index in [1.54, 1.807) is 12.1 Å². The number of imidazole rings is 1. The summed E-state index contributed by atoms with van der Waals surface area (Å²) in [6.45, 7) is 4.58. The van der Waals surface area contributed by atoms with E-state index in [9.17, 15) is 46.0 Å². The maximum absolute atomic E-state index is 13.9. The van der Waals surface area contributed by atoms with E-state index in [2.05, 4.69) is 16.9 Å². The van der Waals surface area contributed by atoms with Crippen LogP contribution in [0.5, 0.6) is 0 Å². The normalized spacial score (nSPS) is 14.5. The van der Waals surface area contributed by atoms with Gasteiger partial charge in [-0.15, -0.1) is 0 Å². The number of rotatable bonds is 5. The van der Waals surface area contributed by atoms with Crippen molar-refractivity contribution >= 4 is 23.5 Å². The van der Waals surface area contributed by atoms with Crippen molar-refractivity contribution in [2.75, 3.05) is 25.0 Å². The molecule has 0 aliphatic carbocycles. The van der Waals surface area contributed by atoms with Gasteiger partial charge in [0, 0.05) is 38.1 Å². The molecule has 1 aromatic heterocycles. The molecule has 1 aliphatic heterocycles. The topological polar surface area (TPSA) is 116 Å². The van der Waals surface area contributed by atoms with Crippen LogP contribution in [0.15, 0.2) is 71.1 Å². The van der Waals surface area contributed by atoms with E-state index < -0.39 is 41.6 Å². The molecule has 2 amide bonds.